The zero-order chi connectivity index (χ0) is 20.3. The Morgan fingerprint density at radius 3 is 2.50 bits per heavy atom. The van der Waals surface area contributed by atoms with Crippen molar-refractivity contribution in [1.29, 1.82) is 0 Å². The molecule has 0 unspecified atom stereocenters. The fourth-order valence-corrected chi connectivity index (χ4v) is 5.75. The van der Waals surface area contributed by atoms with Crippen LogP contribution in [-0.2, 0) is 26.9 Å². The molecular formula is C18H15Cl2NO5S2. The van der Waals surface area contributed by atoms with E-state index in [1.807, 2.05) is 29.1 Å². The maximum absolute atomic E-state index is 12.5. The number of hydrogen-bond donors (Lipinski definition) is 1. The highest BCUT2D eigenvalue weighted by Crippen LogP contribution is 2.35. The molecule has 148 valence electrons. The van der Waals surface area contributed by atoms with Gasteiger partial charge in [0.15, 0.2) is 9.84 Å². The lowest BCUT2D eigenvalue weighted by Crippen LogP contribution is -2.11. The Morgan fingerprint density at radius 2 is 1.89 bits per heavy atom. The van der Waals surface area contributed by atoms with Gasteiger partial charge >= 0.3 is 5.97 Å². The van der Waals surface area contributed by atoms with Crippen LogP contribution in [0.2, 0.25) is 9.36 Å². The molecule has 1 N–H and O–H groups in total. The quantitative estimate of drug-likeness (QED) is 0.529. The third-order valence-electron chi connectivity index (χ3n) is 3.82. The molecule has 3 rings (SSSR count). The van der Waals surface area contributed by atoms with Gasteiger partial charge < -0.3 is 14.4 Å². The second-order valence-electron chi connectivity index (χ2n) is 5.85. The Labute approximate surface area is 175 Å². The maximum Gasteiger partial charge on any atom is 0.341 e. The minimum Gasteiger partial charge on any atom is -0.507 e. The van der Waals surface area contributed by atoms with Crippen LogP contribution in [0.4, 0.5) is 0 Å². The molecule has 0 aliphatic rings. The van der Waals surface area contributed by atoms with E-state index in [-0.39, 0.29) is 37.2 Å². The first-order chi connectivity index (χ1) is 13.3. The molecule has 1 aromatic carbocycles. The van der Waals surface area contributed by atoms with Crippen LogP contribution >= 0.6 is 34.5 Å². The van der Waals surface area contributed by atoms with E-state index >= 15 is 0 Å². The normalized spacial score (nSPS) is 11.5. The number of carbonyl (C=O) groups is 1. The lowest BCUT2D eigenvalue weighted by atomic mass is 10.1. The number of esters is 1. The van der Waals surface area contributed by atoms with Gasteiger partial charge in [0, 0.05) is 12.4 Å². The molecule has 0 radical (unpaired) electrons. The number of hydrogen-bond acceptors (Lipinski definition) is 6. The summed E-state index contributed by atoms with van der Waals surface area (Å²) in [5.41, 5.74) is 0.290. The number of thiophene rings is 1. The second kappa shape index (κ2) is 8.57. The summed E-state index contributed by atoms with van der Waals surface area (Å²) in [5, 5.41) is 10.3. The number of rotatable bonds is 7. The number of nitrogens with zero attached hydrogens (tertiary/aromatic N) is 1. The molecule has 0 amide bonds. The number of sulfone groups is 1. The monoisotopic (exact) mass is 459 g/mol. The predicted molar refractivity (Wildman–Crippen MR) is 108 cm³/mol. The number of benzene rings is 1. The predicted octanol–water partition coefficient (Wildman–Crippen LogP) is 4.39. The highest BCUT2D eigenvalue weighted by atomic mass is 35.5. The van der Waals surface area contributed by atoms with Crippen molar-refractivity contribution >= 4 is 50.3 Å². The number of carbonyl (C=O) groups excluding carboxylic acids is 1. The summed E-state index contributed by atoms with van der Waals surface area (Å²) >= 11 is 12.5. The molecule has 0 spiro atoms. The number of halogens is 2. The summed E-state index contributed by atoms with van der Waals surface area (Å²) in [6.07, 6.45) is 3.68. The fraction of sp³-hybridized carbons (Fsp3) is 0.167. The molecule has 0 bridgehead atoms. The van der Waals surface area contributed by atoms with E-state index < -0.39 is 15.8 Å². The summed E-state index contributed by atoms with van der Waals surface area (Å²) in [5.74, 6) is -1.40. The van der Waals surface area contributed by atoms with Gasteiger partial charge in [-0.3, -0.25) is 0 Å². The molecule has 0 aliphatic heterocycles. The maximum atomic E-state index is 12.5. The third-order valence-corrected chi connectivity index (χ3v) is 7.93. The van der Waals surface area contributed by atoms with Crippen molar-refractivity contribution in [3.63, 3.8) is 0 Å². The van der Waals surface area contributed by atoms with Gasteiger partial charge in [-0.05, 0) is 35.9 Å². The molecule has 2 aromatic heterocycles. The van der Waals surface area contributed by atoms with Crippen molar-refractivity contribution in [2.45, 2.75) is 16.5 Å². The first kappa shape index (κ1) is 20.7. The zero-order valence-electron chi connectivity index (χ0n) is 14.3. The summed E-state index contributed by atoms with van der Waals surface area (Å²) < 4.78 is 32.2. The fourth-order valence-electron chi connectivity index (χ4n) is 2.45. The highest BCUT2D eigenvalue weighted by Gasteiger charge is 2.21. The van der Waals surface area contributed by atoms with Crippen molar-refractivity contribution in [3.8, 4) is 5.75 Å². The number of phenols is 1. The smallest absolute Gasteiger partial charge is 0.341 e. The molecule has 3 aromatic rings. The number of ether oxygens (including phenoxy) is 1. The molecule has 0 saturated carbocycles. The number of aromatic nitrogens is 1. The van der Waals surface area contributed by atoms with E-state index in [2.05, 4.69) is 0 Å². The van der Waals surface area contributed by atoms with Crippen LogP contribution in [-0.4, -0.2) is 30.7 Å². The van der Waals surface area contributed by atoms with Crippen molar-refractivity contribution in [1.82, 2.24) is 4.57 Å². The van der Waals surface area contributed by atoms with Crippen LogP contribution in [0.15, 0.2) is 53.0 Å². The zero-order valence-corrected chi connectivity index (χ0v) is 17.5. The molecule has 10 heteroatoms. The summed E-state index contributed by atoms with van der Waals surface area (Å²) in [6.45, 7) is 0.630. The average Bonchev–Trinajstić information content (AvgIpc) is 3.25. The van der Waals surface area contributed by atoms with E-state index in [0.717, 1.165) is 11.3 Å². The van der Waals surface area contributed by atoms with Crippen LogP contribution in [0.5, 0.6) is 5.75 Å². The number of aromatic hydroxyl groups is 1. The molecule has 0 atom stereocenters. The van der Waals surface area contributed by atoms with Gasteiger partial charge in [0.1, 0.15) is 26.5 Å². The Balaban J connectivity index is 1.66. The van der Waals surface area contributed by atoms with Gasteiger partial charge in [-0.15, -0.1) is 11.3 Å². The molecule has 28 heavy (non-hydrogen) atoms. The van der Waals surface area contributed by atoms with Gasteiger partial charge in [-0.1, -0.05) is 29.3 Å². The van der Waals surface area contributed by atoms with Crippen molar-refractivity contribution in [3.05, 3.63) is 69.3 Å². The average molecular weight is 460 g/mol. The van der Waals surface area contributed by atoms with E-state index in [1.54, 1.807) is 0 Å². The van der Waals surface area contributed by atoms with Crippen LogP contribution in [0.25, 0.3) is 0 Å². The van der Waals surface area contributed by atoms with Gasteiger partial charge in [0.2, 0.25) is 0 Å². The SMILES string of the molecule is O=C(OCCn1cccc1)c1ccc(CS(=O)(=O)c2cc(Cl)c(Cl)s2)cc1O. The Morgan fingerprint density at radius 1 is 1.18 bits per heavy atom. The molecule has 0 aliphatic carbocycles. The Hall–Kier alpha value is -2.00. The molecule has 2 heterocycles. The lowest BCUT2D eigenvalue weighted by Gasteiger charge is -2.09. The highest BCUT2D eigenvalue weighted by molar-refractivity contribution is 7.92. The van der Waals surface area contributed by atoms with Crippen LogP contribution in [0.1, 0.15) is 15.9 Å². The number of phenolic OH excluding ortho intramolecular Hbond substituents is 1. The molecule has 0 saturated heterocycles. The minimum absolute atomic E-state index is 0.0316. The summed E-state index contributed by atoms with van der Waals surface area (Å²) in [6, 6.07) is 9.04. The van der Waals surface area contributed by atoms with Gasteiger partial charge in [0.25, 0.3) is 0 Å². The Kier molecular flexibility index (Phi) is 6.34. The summed E-state index contributed by atoms with van der Waals surface area (Å²) in [4.78, 5) is 12.1. The molecular weight excluding hydrogens is 445 g/mol. The van der Waals surface area contributed by atoms with E-state index in [0.29, 0.717) is 12.1 Å². The topological polar surface area (TPSA) is 85.6 Å². The van der Waals surface area contributed by atoms with E-state index in [1.165, 1.54) is 24.3 Å². The minimum atomic E-state index is -3.68. The van der Waals surface area contributed by atoms with E-state index in [4.69, 9.17) is 27.9 Å². The van der Waals surface area contributed by atoms with Gasteiger partial charge in [-0.25, -0.2) is 13.2 Å². The van der Waals surface area contributed by atoms with Crippen LogP contribution in [0, 0.1) is 0 Å². The van der Waals surface area contributed by atoms with Gasteiger partial charge in [-0.2, -0.15) is 0 Å². The van der Waals surface area contributed by atoms with Crippen LogP contribution < -0.4 is 0 Å². The van der Waals surface area contributed by atoms with Crippen molar-refractivity contribution < 1.29 is 23.1 Å². The summed E-state index contributed by atoms with van der Waals surface area (Å²) in [7, 11) is -3.68. The third kappa shape index (κ3) is 4.88. The largest absolute Gasteiger partial charge is 0.507 e. The lowest BCUT2D eigenvalue weighted by molar-refractivity contribution is 0.0488. The molecule has 6 nitrogen and oxygen atoms in total. The van der Waals surface area contributed by atoms with Gasteiger partial charge in [0.05, 0.1) is 17.3 Å². The van der Waals surface area contributed by atoms with E-state index in [9.17, 15) is 18.3 Å². The first-order valence-corrected chi connectivity index (χ1v) is 11.3. The Bertz CT molecular complexity index is 1070. The first-order valence-electron chi connectivity index (χ1n) is 8.03. The van der Waals surface area contributed by atoms with Crippen molar-refractivity contribution in [2.75, 3.05) is 6.61 Å². The van der Waals surface area contributed by atoms with Crippen molar-refractivity contribution in [2.24, 2.45) is 0 Å². The standard InChI is InChI=1S/C18H15Cl2NO5S2/c19-14-10-16(27-17(14)20)28(24,25)11-12-3-4-13(15(22)9-12)18(23)26-8-7-21-5-1-2-6-21/h1-6,9-10,22H,7-8,11H2. The molecule has 0 fully saturated rings. The van der Waals surface area contributed by atoms with Crippen LogP contribution in [0.3, 0.4) is 0 Å². The second-order valence-corrected chi connectivity index (χ2v) is 10.1.